The van der Waals surface area contributed by atoms with Gasteiger partial charge in [-0.15, -0.1) is 12.4 Å². The van der Waals surface area contributed by atoms with Gasteiger partial charge in [0.1, 0.15) is 5.75 Å². The van der Waals surface area contributed by atoms with Gasteiger partial charge in [-0.1, -0.05) is 0 Å². The van der Waals surface area contributed by atoms with Crippen molar-refractivity contribution in [2.45, 2.75) is 20.3 Å². The lowest BCUT2D eigenvalue weighted by Crippen LogP contribution is -2.24. The summed E-state index contributed by atoms with van der Waals surface area (Å²) < 4.78 is 5.42. The van der Waals surface area contributed by atoms with Crippen LogP contribution in [0.5, 0.6) is 5.75 Å². The molecule has 106 valence electrons. The molecule has 1 aromatic carbocycles. The minimum Gasteiger partial charge on any atom is -0.494 e. The van der Waals surface area contributed by atoms with Crippen molar-refractivity contribution in [2.24, 2.45) is 5.92 Å². The van der Waals surface area contributed by atoms with Crippen LogP contribution in [-0.4, -0.2) is 25.6 Å². The second-order valence-electron chi connectivity index (χ2n) is 4.59. The molecule has 5 heteroatoms. The molecule has 1 fully saturated rings. The van der Waals surface area contributed by atoms with E-state index >= 15 is 0 Å². The SMILES string of the molecule is CCOc1ccc(NC(=O)C2CCNC2)c(C)c1.Cl. The fourth-order valence-electron chi connectivity index (χ4n) is 2.15. The number of halogens is 1. The van der Waals surface area contributed by atoms with Gasteiger partial charge in [-0.2, -0.15) is 0 Å². The van der Waals surface area contributed by atoms with Crippen molar-refractivity contribution in [3.05, 3.63) is 23.8 Å². The highest BCUT2D eigenvalue weighted by atomic mass is 35.5. The number of hydrogen-bond donors (Lipinski definition) is 2. The van der Waals surface area contributed by atoms with Gasteiger partial charge in [-0.3, -0.25) is 4.79 Å². The number of ether oxygens (including phenoxy) is 1. The molecular weight excluding hydrogens is 264 g/mol. The van der Waals surface area contributed by atoms with Crippen molar-refractivity contribution in [1.82, 2.24) is 5.32 Å². The molecule has 1 aromatic rings. The minimum absolute atomic E-state index is 0. The smallest absolute Gasteiger partial charge is 0.228 e. The van der Waals surface area contributed by atoms with Gasteiger partial charge in [0, 0.05) is 12.2 Å². The number of carbonyl (C=O) groups excluding carboxylic acids is 1. The lowest BCUT2D eigenvalue weighted by atomic mass is 10.1. The highest BCUT2D eigenvalue weighted by molar-refractivity contribution is 5.93. The van der Waals surface area contributed by atoms with Gasteiger partial charge in [0.15, 0.2) is 0 Å². The molecule has 2 N–H and O–H groups in total. The molecule has 0 aliphatic carbocycles. The van der Waals surface area contributed by atoms with Crippen molar-refractivity contribution in [3.63, 3.8) is 0 Å². The first kappa shape index (κ1) is 15.8. The van der Waals surface area contributed by atoms with Crippen LogP contribution in [0.4, 0.5) is 5.69 Å². The zero-order valence-electron chi connectivity index (χ0n) is 11.4. The van der Waals surface area contributed by atoms with E-state index in [1.807, 2.05) is 32.0 Å². The van der Waals surface area contributed by atoms with E-state index in [0.29, 0.717) is 6.61 Å². The van der Waals surface area contributed by atoms with Gasteiger partial charge in [-0.05, 0) is 50.6 Å². The van der Waals surface area contributed by atoms with Gasteiger partial charge in [0.2, 0.25) is 5.91 Å². The van der Waals surface area contributed by atoms with E-state index in [0.717, 1.165) is 36.5 Å². The van der Waals surface area contributed by atoms with E-state index in [2.05, 4.69) is 10.6 Å². The number of hydrogen-bond acceptors (Lipinski definition) is 3. The van der Waals surface area contributed by atoms with Crippen LogP contribution in [0.3, 0.4) is 0 Å². The third-order valence-corrected chi connectivity index (χ3v) is 3.20. The van der Waals surface area contributed by atoms with Crippen LogP contribution in [0.25, 0.3) is 0 Å². The van der Waals surface area contributed by atoms with Crippen LogP contribution >= 0.6 is 12.4 Å². The average molecular weight is 285 g/mol. The molecule has 1 heterocycles. The summed E-state index contributed by atoms with van der Waals surface area (Å²) in [6, 6.07) is 5.74. The molecule has 1 aliphatic rings. The number of benzene rings is 1. The maximum atomic E-state index is 12.0. The molecule has 0 radical (unpaired) electrons. The number of anilines is 1. The van der Waals surface area contributed by atoms with Crippen molar-refractivity contribution >= 4 is 24.0 Å². The van der Waals surface area contributed by atoms with Gasteiger partial charge in [0.25, 0.3) is 0 Å². The number of nitrogens with one attached hydrogen (secondary N) is 2. The number of carbonyl (C=O) groups is 1. The largest absolute Gasteiger partial charge is 0.494 e. The summed E-state index contributed by atoms with van der Waals surface area (Å²) in [4.78, 5) is 12.0. The first-order valence-corrected chi connectivity index (χ1v) is 6.45. The molecule has 0 spiro atoms. The Labute approximate surface area is 120 Å². The van der Waals surface area contributed by atoms with Crippen LogP contribution < -0.4 is 15.4 Å². The third kappa shape index (κ3) is 4.11. The highest BCUT2D eigenvalue weighted by Gasteiger charge is 2.22. The van der Waals surface area contributed by atoms with E-state index in [-0.39, 0.29) is 24.2 Å². The Bertz CT molecular complexity index is 431. The number of amides is 1. The summed E-state index contributed by atoms with van der Waals surface area (Å²) in [5.74, 6) is 1.04. The van der Waals surface area contributed by atoms with E-state index < -0.39 is 0 Å². The maximum absolute atomic E-state index is 12.0. The lowest BCUT2D eigenvalue weighted by molar-refractivity contribution is -0.119. The van der Waals surface area contributed by atoms with Crippen LogP contribution in [-0.2, 0) is 4.79 Å². The standard InChI is InChI=1S/C14H20N2O2.ClH/c1-3-18-12-4-5-13(10(2)8-12)16-14(17)11-6-7-15-9-11;/h4-5,8,11,15H,3,6-7,9H2,1-2H3,(H,16,17);1H. The Balaban J connectivity index is 0.00000180. The number of aryl methyl sites for hydroxylation is 1. The molecular formula is C14H21ClN2O2. The first-order valence-electron chi connectivity index (χ1n) is 6.45. The van der Waals surface area contributed by atoms with Gasteiger partial charge in [0.05, 0.1) is 12.5 Å². The molecule has 1 aliphatic heterocycles. The summed E-state index contributed by atoms with van der Waals surface area (Å²) in [7, 11) is 0. The minimum atomic E-state index is 0. The molecule has 1 unspecified atom stereocenters. The second kappa shape index (κ2) is 7.36. The predicted molar refractivity (Wildman–Crippen MR) is 79.2 cm³/mol. The first-order chi connectivity index (χ1) is 8.70. The Morgan fingerprint density at radius 3 is 2.89 bits per heavy atom. The van der Waals surface area contributed by atoms with Gasteiger partial charge >= 0.3 is 0 Å². The molecule has 0 aromatic heterocycles. The normalized spacial score (nSPS) is 17.7. The molecule has 0 bridgehead atoms. The summed E-state index contributed by atoms with van der Waals surface area (Å²) in [6.07, 6.45) is 0.919. The van der Waals surface area contributed by atoms with E-state index in [1.54, 1.807) is 0 Å². The fourth-order valence-corrected chi connectivity index (χ4v) is 2.15. The molecule has 1 atom stereocenters. The summed E-state index contributed by atoms with van der Waals surface area (Å²) in [5.41, 5.74) is 1.90. The van der Waals surface area contributed by atoms with E-state index in [1.165, 1.54) is 0 Å². The molecule has 1 saturated heterocycles. The van der Waals surface area contributed by atoms with Crippen molar-refractivity contribution in [3.8, 4) is 5.75 Å². The Kier molecular flexibility index (Phi) is 6.12. The molecule has 19 heavy (non-hydrogen) atoms. The van der Waals surface area contributed by atoms with Crippen molar-refractivity contribution in [2.75, 3.05) is 25.0 Å². The second-order valence-corrected chi connectivity index (χ2v) is 4.59. The lowest BCUT2D eigenvalue weighted by Gasteiger charge is -2.13. The predicted octanol–water partition coefficient (Wildman–Crippen LogP) is 2.36. The quantitative estimate of drug-likeness (QED) is 0.892. The topological polar surface area (TPSA) is 50.4 Å². The van der Waals surface area contributed by atoms with Crippen LogP contribution in [0.2, 0.25) is 0 Å². The Hall–Kier alpha value is -1.26. The maximum Gasteiger partial charge on any atom is 0.228 e. The third-order valence-electron chi connectivity index (χ3n) is 3.20. The average Bonchev–Trinajstić information content (AvgIpc) is 2.86. The van der Waals surface area contributed by atoms with Gasteiger partial charge in [-0.25, -0.2) is 0 Å². The van der Waals surface area contributed by atoms with E-state index in [4.69, 9.17) is 4.74 Å². The van der Waals surface area contributed by atoms with Crippen molar-refractivity contribution in [1.29, 1.82) is 0 Å². The monoisotopic (exact) mass is 284 g/mol. The van der Waals surface area contributed by atoms with Crippen LogP contribution in [0.1, 0.15) is 18.9 Å². The molecule has 4 nitrogen and oxygen atoms in total. The highest BCUT2D eigenvalue weighted by Crippen LogP contribution is 2.22. The molecule has 0 saturated carbocycles. The van der Waals surface area contributed by atoms with E-state index in [9.17, 15) is 4.79 Å². The summed E-state index contributed by atoms with van der Waals surface area (Å²) in [6.45, 7) is 6.30. The van der Waals surface area contributed by atoms with Crippen LogP contribution in [0.15, 0.2) is 18.2 Å². The zero-order valence-corrected chi connectivity index (χ0v) is 12.2. The summed E-state index contributed by atoms with van der Waals surface area (Å²) >= 11 is 0. The van der Waals surface area contributed by atoms with Crippen molar-refractivity contribution < 1.29 is 9.53 Å². The molecule has 2 rings (SSSR count). The van der Waals surface area contributed by atoms with Crippen LogP contribution in [0, 0.1) is 12.8 Å². The van der Waals surface area contributed by atoms with Gasteiger partial charge < -0.3 is 15.4 Å². The zero-order chi connectivity index (χ0) is 13.0. The molecule has 1 amide bonds. The summed E-state index contributed by atoms with van der Waals surface area (Å²) in [5, 5.41) is 6.19. The number of rotatable bonds is 4. The Morgan fingerprint density at radius 2 is 2.32 bits per heavy atom. The fraction of sp³-hybridized carbons (Fsp3) is 0.500. The Morgan fingerprint density at radius 1 is 1.53 bits per heavy atom.